The van der Waals surface area contributed by atoms with Crippen molar-refractivity contribution in [3.8, 4) is 0 Å². The van der Waals surface area contributed by atoms with Crippen LogP contribution in [0.15, 0.2) is 30.6 Å². The highest BCUT2D eigenvalue weighted by Crippen LogP contribution is 2.12. The molecule has 0 atom stereocenters. The molecule has 23 heavy (non-hydrogen) atoms. The third-order valence-corrected chi connectivity index (χ3v) is 4.55. The topological polar surface area (TPSA) is 3.88 Å². The number of unbranched alkanes of at least 4 members (excludes halogenated alkanes) is 13. The number of nitrogens with zero attached hydrogens (tertiary/aromatic N) is 1. The van der Waals surface area contributed by atoms with Gasteiger partial charge in [0.05, 0.1) is 0 Å². The summed E-state index contributed by atoms with van der Waals surface area (Å²) in [5.41, 5.74) is 0. The quantitative estimate of drug-likeness (QED) is 0.338. The molecule has 1 nitrogen and oxygen atoms in total. The number of hydrogen-bond donors (Lipinski definition) is 0. The fourth-order valence-electron chi connectivity index (χ4n) is 3.07. The molecule has 0 radical (unpaired) electrons. The first kappa shape index (κ1) is 22.4. The number of halogens is 1. The first-order chi connectivity index (χ1) is 10.9. The molecule has 1 rings (SSSR count). The Balaban J connectivity index is 0. The molecule has 0 saturated heterocycles. The summed E-state index contributed by atoms with van der Waals surface area (Å²) in [5, 5.41) is 0. The highest BCUT2D eigenvalue weighted by atomic mass is 35.5. The summed E-state index contributed by atoms with van der Waals surface area (Å²) in [7, 11) is 0. The fourth-order valence-corrected chi connectivity index (χ4v) is 3.07. The van der Waals surface area contributed by atoms with Gasteiger partial charge in [-0.2, -0.15) is 0 Å². The van der Waals surface area contributed by atoms with E-state index < -0.39 is 0 Å². The van der Waals surface area contributed by atoms with E-state index in [-0.39, 0.29) is 13.8 Å². The average molecular weight is 342 g/mol. The number of aromatic nitrogens is 1. The maximum atomic E-state index is 2.29. The number of aryl methyl sites for hydroxylation is 1. The van der Waals surface area contributed by atoms with Gasteiger partial charge in [-0.25, -0.2) is 4.57 Å². The molecule has 0 aromatic carbocycles. The second kappa shape index (κ2) is 17.8. The Bertz CT molecular complexity index is 332. The van der Waals surface area contributed by atoms with E-state index in [4.69, 9.17) is 0 Å². The Morgan fingerprint density at radius 2 is 0.957 bits per heavy atom. The van der Waals surface area contributed by atoms with Gasteiger partial charge in [-0.3, -0.25) is 0 Å². The lowest BCUT2D eigenvalue weighted by Crippen LogP contribution is -3.00. The second-order valence-electron chi connectivity index (χ2n) is 6.71. The molecular weight excluding hydrogens is 302 g/mol. The van der Waals surface area contributed by atoms with Crippen molar-refractivity contribution >= 4 is 0 Å². The Kier molecular flexibility index (Phi) is 17.4. The van der Waals surface area contributed by atoms with Gasteiger partial charge in [0, 0.05) is 20.0 Å². The first-order valence-corrected chi connectivity index (χ1v) is 9.87. The maximum absolute atomic E-state index is 2.29. The zero-order valence-electron chi connectivity index (χ0n) is 15.3. The van der Waals surface area contributed by atoms with Crippen LogP contribution < -0.4 is 17.0 Å². The molecule has 0 spiro atoms. The molecule has 0 bridgehead atoms. The van der Waals surface area contributed by atoms with Crippen LogP contribution in [0.2, 0.25) is 0 Å². The van der Waals surface area contributed by atoms with Crippen LogP contribution in [-0.4, -0.2) is 0 Å². The zero-order valence-corrected chi connectivity index (χ0v) is 16.1. The van der Waals surface area contributed by atoms with Crippen molar-refractivity contribution < 1.29 is 18.4 Å². The molecule has 0 saturated carbocycles. The predicted octanol–water partition coefficient (Wildman–Crippen LogP) is 3.71. The van der Waals surface area contributed by atoms with Crippen molar-refractivity contribution in [2.45, 2.75) is 103 Å². The van der Waals surface area contributed by atoms with E-state index in [2.05, 4.69) is 42.1 Å². The molecule has 0 amide bonds. The Morgan fingerprint density at radius 3 is 1.39 bits per heavy atom. The van der Waals surface area contributed by atoms with Gasteiger partial charge in [0.1, 0.15) is 6.54 Å². The SMILES string of the molecule is CCCCCCCCCCCCCCCC[n+]1ccccc1.[Cl-].[HH]. The summed E-state index contributed by atoms with van der Waals surface area (Å²) in [4.78, 5) is 0. The van der Waals surface area contributed by atoms with E-state index in [1.54, 1.807) is 0 Å². The Morgan fingerprint density at radius 1 is 0.565 bits per heavy atom. The second-order valence-corrected chi connectivity index (χ2v) is 6.71. The Labute approximate surface area is 152 Å². The normalized spacial score (nSPS) is 10.5. The van der Waals surface area contributed by atoms with Gasteiger partial charge >= 0.3 is 0 Å². The smallest absolute Gasteiger partial charge is 0.168 e. The van der Waals surface area contributed by atoms with Crippen molar-refractivity contribution in [2.75, 3.05) is 0 Å². The molecule has 0 fully saturated rings. The van der Waals surface area contributed by atoms with E-state index >= 15 is 0 Å². The van der Waals surface area contributed by atoms with Gasteiger partial charge in [0.25, 0.3) is 0 Å². The van der Waals surface area contributed by atoms with Crippen LogP contribution in [0, 0.1) is 0 Å². The van der Waals surface area contributed by atoms with Gasteiger partial charge < -0.3 is 12.4 Å². The number of pyridine rings is 1. The molecule has 1 heterocycles. The van der Waals surface area contributed by atoms with E-state index in [0.717, 1.165) is 0 Å². The maximum Gasteiger partial charge on any atom is 0.168 e. The lowest BCUT2D eigenvalue weighted by Gasteiger charge is -2.02. The van der Waals surface area contributed by atoms with Crippen molar-refractivity contribution in [1.82, 2.24) is 0 Å². The predicted molar refractivity (Wildman–Crippen MR) is 99.1 cm³/mol. The van der Waals surface area contributed by atoms with Gasteiger partial charge in [-0.1, -0.05) is 90.0 Å². The molecule has 2 heteroatoms. The molecule has 0 aliphatic carbocycles. The van der Waals surface area contributed by atoms with Crippen molar-refractivity contribution in [3.05, 3.63) is 30.6 Å². The highest BCUT2D eigenvalue weighted by Gasteiger charge is 1.98. The molecule has 0 aliphatic rings. The molecular formula is C21H40ClN. The molecule has 0 aliphatic heterocycles. The minimum Gasteiger partial charge on any atom is -1.00 e. The standard InChI is InChI=1S/C21H38N.ClH.H2/c1-2-3-4-5-6-7-8-9-10-11-12-13-14-16-19-22-20-17-15-18-21-22;;/h15,17-18,20-21H,2-14,16,19H2,1H3;2*1H/q+1;;/p-1. The summed E-state index contributed by atoms with van der Waals surface area (Å²) >= 11 is 0. The minimum atomic E-state index is 0. The van der Waals surface area contributed by atoms with Crippen molar-refractivity contribution in [2.24, 2.45) is 0 Å². The van der Waals surface area contributed by atoms with Gasteiger partial charge in [0.15, 0.2) is 12.4 Å². The molecule has 0 unspecified atom stereocenters. The van der Waals surface area contributed by atoms with Crippen LogP contribution in [0.4, 0.5) is 0 Å². The van der Waals surface area contributed by atoms with Crippen LogP contribution in [0.1, 0.15) is 98.2 Å². The summed E-state index contributed by atoms with van der Waals surface area (Å²) in [5.74, 6) is 0. The molecule has 1 aromatic heterocycles. The number of hydrogen-bond acceptors (Lipinski definition) is 0. The van der Waals surface area contributed by atoms with Crippen LogP contribution in [0.5, 0.6) is 0 Å². The average Bonchev–Trinajstić information content (AvgIpc) is 2.56. The fraction of sp³-hybridized carbons (Fsp3) is 0.762. The van der Waals surface area contributed by atoms with Crippen molar-refractivity contribution in [3.63, 3.8) is 0 Å². The van der Waals surface area contributed by atoms with E-state index in [0.29, 0.717) is 0 Å². The van der Waals surface area contributed by atoms with Crippen LogP contribution in [0.3, 0.4) is 0 Å². The number of rotatable bonds is 15. The van der Waals surface area contributed by atoms with Crippen LogP contribution in [-0.2, 0) is 6.54 Å². The minimum absolute atomic E-state index is 0. The van der Waals surface area contributed by atoms with E-state index in [1.807, 2.05) is 0 Å². The van der Waals surface area contributed by atoms with E-state index in [1.165, 1.54) is 96.4 Å². The zero-order chi connectivity index (χ0) is 15.7. The largest absolute Gasteiger partial charge is 1.00 e. The van der Waals surface area contributed by atoms with Gasteiger partial charge in [-0.05, 0) is 6.42 Å². The van der Waals surface area contributed by atoms with Gasteiger partial charge in [-0.15, -0.1) is 0 Å². The third kappa shape index (κ3) is 14.7. The van der Waals surface area contributed by atoms with Crippen molar-refractivity contribution in [1.29, 1.82) is 0 Å². The highest BCUT2D eigenvalue weighted by molar-refractivity contribution is 4.83. The molecule has 1 aromatic rings. The molecule has 136 valence electrons. The van der Waals surface area contributed by atoms with Gasteiger partial charge in [0.2, 0.25) is 0 Å². The lowest BCUT2D eigenvalue weighted by molar-refractivity contribution is -0.697. The van der Waals surface area contributed by atoms with Crippen LogP contribution >= 0.6 is 0 Å². The summed E-state index contributed by atoms with van der Waals surface area (Å²) in [6.45, 7) is 3.47. The lowest BCUT2D eigenvalue weighted by atomic mass is 10.0. The molecule has 0 N–H and O–H groups in total. The summed E-state index contributed by atoms with van der Waals surface area (Å²) < 4.78 is 2.29. The first-order valence-electron chi connectivity index (χ1n) is 9.87. The third-order valence-electron chi connectivity index (χ3n) is 4.55. The summed E-state index contributed by atoms with van der Waals surface area (Å²) in [6.07, 6.45) is 24.4. The summed E-state index contributed by atoms with van der Waals surface area (Å²) in [6, 6.07) is 6.31. The van der Waals surface area contributed by atoms with Crippen LogP contribution in [0.25, 0.3) is 0 Å². The monoisotopic (exact) mass is 341 g/mol. The van der Waals surface area contributed by atoms with E-state index in [9.17, 15) is 0 Å². The Hall–Kier alpha value is -0.560.